The van der Waals surface area contributed by atoms with E-state index in [-0.39, 0.29) is 31.2 Å². The summed E-state index contributed by atoms with van der Waals surface area (Å²) in [7, 11) is -3.33. The van der Waals surface area contributed by atoms with Crippen LogP contribution < -0.4 is 5.32 Å². The molecule has 0 unspecified atom stereocenters. The lowest BCUT2D eigenvalue weighted by molar-refractivity contribution is -0.146. The zero-order chi connectivity index (χ0) is 17.5. The highest BCUT2D eigenvalue weighted by Crippen LogP contribution is 2.34. The predicted octanol–water partition coefficient (Wildman–Crippen LogP) is 0.923. The van der Waals surface area contributed by atoms with E-state index in [2.05, 4.69) is 5.32 Å². The SMILES string of the molecule is CC(C)(C)OC(=O)NC1(C(=O)O)CCN(S(=O)(=O)C2CC2)CC1. The number of hydrogen-bond donors (Lipinski definition) is 2. The van der Waals surface area contributed by atoms with Gasteiger partial charge in [-0.15, -0.1) is 0 Å². The van der Waals surface area contributed by atoms with Crippen molar-refractivity contribution in [3.63, 3.8) is 0 Å². The van der Waals surface area contributed by atoms with Crippen LogP contribution in [0.3, 0.4) is 0 Å². The van der Waals surface area contributed by atoms with Crippen LogP contribution in [0.2, 0.25) is 0 Å². The van der Waals surface area contributed by atoms with Crippen LogP contribution >= 0.6 is 0 Å². The van der Waals surface area contributed by atoms with Gasteiger partial charge in [0.25, 0.3) is 0 Å². The van der Waals surface area contributed by atoms with E-state index in [1.54, 1.807) is 20.8 Å². The number of hydrogen-bond acceptors (Lipinski definition) is 5. The monoisotopic (exact) mass is 348 g/mol. The zero-order valence-corrected chi connectivity index (χ0v) is 14.5. The molecule has 0 aromatic heterocycles. The Bertz CT molecular complexity index is 583. The molecule has 0 spiro atoms. The van der Waals surface area contributed by atoms with Gasteiger partial charge in [-0.25, -0.2) is 22.3 Å². The maximum absolute atomic E-state index is 12.2. The van der Waals surface area contributed by atoms with Gasteiger partial charge in [-0.1, -0.05) is 0 Å². The molecule has 0 radical (unpaired) electrons. The lowest BCUT2D eigenvalue weighted by atomic mass is 9.88. The summed E-state index contributed by atoms with van der Waals surface area (Å²) in [5.74, 6) is -1.17. The van der Waals surface area contributed by atoms with Gasteiger partial charge in [0.05, 0.1) is 5.25 Å². The number of rotatable bonds is 4. The van der Waals surface area contributed by atoms with Crippen molar-refractivity contribution in [3.8, 4) is 0 Å². The van der Waals surface area contributed by atoms with Gasteiger partial charge in [0, 0.05) is 13.1 Å². The number of carbonyl (C=O) groups is 2. The number of aliphatic carboxylic acids is 1. The first-order chi connectivity index (χ1) is 10.5. The third-order valence-corrected chi connectivity index (χ3v) is 6.43. The molecule has 2 fully saturated rings. The molecular weight excluding hydrogens is 324 g/mol. The Morgan fingerprint density at radius 1 is 1.22 bits per heavy atom. The molecule has 2 rings (SSSR count). The van der Waals surface area contributed by atoms with Crippen molar-refractivity contribution in [2.24, 2.45) is 0 Å². The van der Waals surface area contributed by atoms with Crippen LogP contribution in [0.5, 0.6) is 0 Å². The Hall–Kier alpha value is -1.35. The summed E-state index contributed by atoms with van der Waals surface area (Å²) in [4.78, 5) is 23.5. The van der Waals surface area contributed by atoms with Crippen LogP contribution in [-0.4, -0.2) is 59.4 Å². The largest absolute Gasteiger partial charge is 0.480 e. The molecule has 1 aliphatic heterocycles. The number of nitrogens with one attached hydrogen (secondary N) is 1. The second-order valence-corrected chi connectivity index (χ2v) is 9.37. The second-order valence-electron chi connectivity index (χ2n) is 7.16. The number of ether oxygens (including phenoxy) is 1. The Morgan fingerprint density at radius 3 is 2.13 bits per heavy atom. The molecule has 0 aromatic rings. The molecule has 0 atom stereocenters. The highest BCUT2D eigenvalue weighted by atomic mass is 32.2. The Kier molecular flexibility index (Phi) is 4.64. The molecule has 1 aliphatic carbocycles. The summed E-state index contributed by atoms with van der Waals surface area (Å²) in [5.41, 5.74) is -2.22. The fraction of sp³-hybridized carbons (Fsp3) is 0.857. The highest BCUT2D eigenvalue weighted by molar-refractivity contribution is 7.90. The number of nitrogens with zero attached hydrogens (tertiary/aromatic N) is 1. The van der Waals surface area contributed by atoms with Gasteiger partial charge in [0.1, 0.15) is 11.1 Å². The standard InChI is InChI=1S/C14H24N2O6S/c1-13(2,3)22-12(19)15-14(11(17)18)6-8-16(9-7-14)23(20,21)10-4-5-10/h10H,4-9H2,1-3H3,(H,15,19)(H,17,18). The number of amides is 1. The molecule has 1 amide bonds. The minimum absolute atomic E-state index is 0.0214. The fourth-order valence-corrected chi connectivity index (χ4v) is 4.44. The molecule has 1 saturated heterocycles. The summed E-state index contributed by atoms with van der Waals surface area (Å²) in [6, 6.07) is 0. The van der Waals surface area contributed by atoms with Crippen molar-refractivity contribution in [3.05, 3.63) is 0 Å². The molecule has 0 bridgehead atoms. The normalized spacial score (nSPS) is 22.4. The van der Waals surface area contributed by atoms with E-state index in [4.69, 9.17) is 4.74 Å². The minimum Gasteiger partial charge on any atom is -0.480 e. The third kappa shape index (κ3) is 4.14. The van der Waals surface area contributed by atoms with E-state index in [1.807, 2.05) is 0 Å². The van der Waals surface area contributed by atoms with Crippen LogP contribution in [0.4, 0.5) is 4.79 Å². The van der Waals surface area contributed by atoms with Crippen molar-refractivity contribution in [2.75, 3.05) is 13.1 Å². The van der Waals surface area contributed by atoms with Crippen LogP contribution in [0, 0.1) is 0 Å². The van der Waals surface area contributed by atoms with Crippen molar-refractivity contribution < 1.29 is 27.9 Å². The first-order valence-electron chi connectivity index (χ1n) is 7.70. The Balaban J connectivity index is 2.04. The predicted molar refractivity (Wildman–Crippen MR) is 82.5 cm³/mol. The van der Waals surface area contributed by atoms with Gasteiger partial charge in [-0.2, -0.15) is 0 Å². The molecule has 2 aliphatic rings. The lowest BCUT2D eigenvalue weighted by Crippen LogP contribution is -2.61. The minimum atomic E-state index is -3.33. The fourth-order valence-electron chi connectivity index (χ4n) is 2.59. The van der Waals surface area contributed by atoms with Crippen molar-refractivity contribution >= 4 is 22.1 Å². The van der Waals surface area contributed by atoms with E-state index < -0.39 is 33.2 Å². The van der Waals surface area contributed by atoms with E-state index >= 15 is 0 Å². The Labute approximate surface area is 136 Å². The smallest absolute Gasteiger partial charge is 0.408 e. The van der Waals surface area contributed by atoms with Crippen molar-refractivity contribution in [2.45, 2.75) is 62.8 Å². The Morgan fingerprint density at radius 2 is 1.74 bits per heavy atom. The summed E-state index contributed by atoms with van der Waals surface area (Å²) in [6.07, 6.45) is 0.567. The first kappa shape index (κ1) is 18.0. The molecular formula is C14H24N2O6S. The average Bonchev–Trinajstić information content (AvgIpc) is 3.21. The van der Waals surface area contributed by atoms with Crippen LogP contribution in [-0.2, 0) is 19.6 Å². The second kappa shape index (κ2) is 5.94. The summed E-state index contributed by atoms with van der Waals surface area (Å²) in [6.45, 7) is 5.22. The topological polar surface area (TPSA) is 113 Å². The molecule has 1 saturated carbocycles. The van der Waals surface area contributed by atoms with Crippen molar-refractivity contribution in [1.29, 1.82) is 0 Å². The van der Waals surface area contributed by atoms with Gasteiger partial charge in [0.15, 0.2) is 0 Å². The quantitative estimate of drug-likeness (QED) is 0.781. The van der Waals surface area contributed by atoms with Gasteiger partial charge >= 0.3 is 12.1 Å². The van der Waals surface area contributed by atoms with Crippen LogP contribution in [0.1, 0.15) is 46.5 Å². The molecule has 23 heavy (non-hydrogen) atoms. The van der Waals surface area contributed by atoms with E-state index in [9.17, 15) is 23.1 Å². The molecule has 132 valence electrons. The summed E-state index contributed by atoms with van der Waals surface area (Å²) >= 11 is 0. The summed E-state index contributed by atoms with van der Waals surface area (Å²) in [5, 5.41) is 11.6. The van der Waals surface area contributed by atoms with E-state index in [0.717, 1.165) is 0 Å². The molecule has 8 nitrogen and oxygen atoms in total. The number of carboxylic acid groups (broad SMARTS) is 1. The number of piperidine rings is 1. The third-order valence-electron chi connectivity index (χ3n) is 4.03. The molecule has 1 heterocycles. The average molecular weight is 348 g/mol. The number of carboxylic acids is 1. The van der Waals surface area contributed by atoms with Crippen LogP contribution in [0.15, 0.2) is 0 Å². The van der Waals surface area contributed by atoms with Gasteiger partial charge in [-0.05, 0) is 46.5 Å². The van der Waals surface area contributed by atoms with Crippen LogP contribution in [0.25, 0.3) is 0 Å². The maximum Gasteiger partial charge on any atom is 0.408 e. The zero-order valence-electron chi connectivity index (χ0n) is 13.7. The van der Waals surface area contributed by atoms with E-state index in [1.165, 1.54) is 4.31 Å². The van der Waals surface area contributed by atoms with Crippen molar-refractivity contribution in [1.82, 2.24) is 9.62 Å². The number of sulfonamides is 1. The first-order valence-corrected chi connectivity index (χ1v) is 9.20. The van der Waals surface area contributed by atoms with Gasteiger partial charge < -0.3 is 15.2 Å². The van der Waals surface area contributed by atoms with E-state index in [0.29, 0.717) is 12.8 Å². The highest BCUT2D eigenvalue weighted by Gasteiger charge is 2.48. The molecule has 9 heteroatoms. The summed E-state index contributed by atoms with van der Waals surface area (Å²) < 4.78 is 30.9. The van der Waals surface area contributed by atoms with Gasteiger partial charge in [0.2, 0.25) is 10.0 Å². The lowest BCUT2D eigenvalue weighted by Gasteiger charge is -2.38. The molecule has 0 aromatic carbocycles. The molecule has 2 N–H and O–H groups in total. The van der Waals surface area contributed by atoms with Gasteiger partial charge in [-0.3, -0.25) is 0 Å². The number of alkyl carbamates (subject to hydrolysis) is 1. The maximum atomic E-state index is 12.2. The number of carbonyl (C=O) groups excluding carboxylic acids is 1.